The molecule has 0 N–H and O–H groups in total. The second kappa shape index (κ2) is 4.02. The third-order valence-corrected chi connectivity index (χ3v) is 2.90. The average molecular weight is 221 g/mol. The lowest BCUT2D eigenvalue weighted by molar-refractivity contribution is -0.385. The minimum Gasteiger partial charge on any atom is -0.379 e. The maximum absolute atomic E-state index is 10.6. The molecule has 0 radical (unpaired) electrons. The minimum absolute atomic E-state index is 0.0506. The molecule has 1 saturated heterocycles. The van der Waals surface area contributed by atoms with E-state index in [-0.39, 0.29) is 11.1 Å². The normalized spacial score (nSPS) is 17.5. The van der Waals surface area contributed by atoms with E-state index >= 15 is 0 Å². The van der Waals surface area contributed by atoms with E-state index in [1.807, 2.05) is 0 Å². The molecular weight excluding hydrogens is 210 g/mol. The number of nitro groups is 1. The molecule has 0 atom stereocenters. The van der Waals surface area contributed by atoms with Crippen molar-refractivity contribution < 1.29 is 14.5 Å². The summed E-state index contributed by atoms with van der Waals surface area (Å²) in [4.78, 5) is 20.8. The topological polar surface area (TPSA) is 69.4 Å². The van der Waals surface area contributed by atoms with Gasteiger partial charge in [0.1, 0.15) is 6.29 Å². The van der Waals surface area contributed by atoms with Crippen molar-refractivity contribution in [1.82, 2.24) is 0 Å². The fraction of sp³-hybridized carbons (Fsp3) is 0.364. The number of hydrogen-bond donors (Lipinski definition) is 0. The van der Waals surface area contributed by atoms with Crippen molar-refractivity contribution in [2.45, 2.75) is 11.8 Å². The van der Waals surface area contributed by atoms with Crippen molar-refractivity contribution in [3.05, 3.63) is 39.9 Å². The zero-order chi connectivity index (χ0) is 11.6. The van der Waals surface area contributed by atoms with E-state index in [1.165, 1.54) is 12.1 Å². The lowest BCUT2D eigenvalue weighted by Gasteiger charge is -2.40. The predicted octanol–water partition coefficient (Wildman–Crippen LogP) is 1.45. The van der Waals surface area contributed by atoms with Crippen LogP contribution in [0.3, 0.4) is 0 Å². The molecule has 1 aromatic rings. The summed E-state index contributed by atoms with van der Waals surface area (Å²) in [5.41, 5.74) is 0.503. The number of carbonyl (C=O) groups is 1. The number of aldehydes is 1. The Kier molecular flexibility index (Phi) is 2.70. The molecule has 0 bridgehead atoms. The van der Waals surface area contributed by atoms with Crippen LogP contribution in [0.4, 0.5) is 5.69 Å². The van der Waals surface area contributed by atoms with Crippen molar-refractivity contribution in [3.63, 3.8) is 0 Å². The summed E-state index contributed by atoms with van der Waals surface area (Å²) in [7, 11) is 0. The van der Waals surface area contributed by atoms with Gasteiger partial charge >= 0.3 is 0 Å². The van der Waals surface area contributed by atoms with Crippen molar-refractivity contribution in [1.29, 1.82) is 0 Å². The van der Waals surface area contributed by atoms with Crippen LogP contribution >= 0.6 is 0 Å². The molecule has 1 aromatic carbocycles. The molecule has 0 unspecified atom stereocenters. The molecule has 5 heteroatoms. The lowest BCUT2D eigenvalue weighted by Crippen LogP contribution is -2.47. The second-order valence-corrected chi connectivity index (χ2v) is 3.95. The lowest BCUT2D eigenvalue weighted by atomic mass is 9.76. The molecule has 0 aliphatic carbocycles. The first-order chi connectivity index (χ1) is 7.68. The Morgan fingerprint density at radius 2 is 2.25 bits per heavy atom. The molecule has 1 aliphatic heterocycles. The van der Waals surface area contributed by atoms with Crippen LogP contribution in [-0.2, 0) is 14.9 Å². The number of nitro benzene ring substituents is 1. The van der Waals surface area contributed by atoms with E-state index in [4.69, 9.17) is 4.74 Å². The van der Waals surface area contributed by atoms with E-state index < -0.39 is 4.92 Å². The van der Waals surface area contributed by atoms with Crippen LogP contribution in [0.25, 0.3) is 0 Å². The van der Waals surface area contributed by atoms with Gasteiger partial charge in [0.25, 0.3) is 5.69 Å². The predicted molar refractivity (Wildman–Crippen MR) is 56.3 cm³/mol. The highest BCUT2D eigenvalue weighted by atomic mass is 16.6. The van der Waals surface area contributed by atoms with E-state index in [0.717, 1.165) is 11.8 Å². The number of nitrogens with zero attached hydrogens (tertiary/aromatic N) is 1. The monoisotopic (exact) mass is 221 g/mol. The summed E-state index contributed by atoms with van der Waals surface area (Å²) in [6.07, 6.45) is 1.18. The van der Waals surface area contributed by atoms with Crippen LogP contribution in [-0.4, -0.2) is 24.4 Å². The third-order valence-electron chi connectivity index (χ3n) is 2.90. The summed E-state index contributed by atoms with van der Waals surface area (Å²) >= 11 is 0. The SMILES string of the molecule is O=CCC1(c2cccc([N+](=O)[O-])c2)COC1. The quantitative estimate of drug-likeness (QED) is 0.438. The standard InChI is InChI=1S/C11H11NO4/c13-5-4-11(7-16-8-11)9-2-1-3-10(6-9)12(14)15/h1-3,5-6H,4,7-8H2. The smallest absolute Gasteiger partial charge is 0.269 e. The minimum atomic E-state index is -0.433. The zero-order valence-electron chi connectivity index (χ0n) is 8.59. The zero-order valence-corrected chi connectivity index (χ0v) is 8.59. The summed E-state index contributed by atoms with van der Waals surface area (Å²) in [5.74, 6) is 0. The third kappa shape index (κ3) is 1.69. The van der Waals surface area contributed by atoms with Crippen LogP contribution in [0.2, 0.25) is 0 Å². The van der Waals surface area contributed by atoms with Crippen LogP contribution in [0.5, 0.6) is 0 Å². The van der Waals surface area contributed by atoms with Gasteiger partial charge < -0.3 is 9.53 Å². The van der Waals surface area contributed by atoms with Crippen molar-refractivity contribution in [3.8, 4) is 0 Å². The van der Waals surface area contributed by atoms with Gasteiger partial charge in [-0.25, -0.2) is 0 Å². The van der Waals surface area contributed by atoms with E-state index in [1.54, 1.807) is 12.1 Å². The first-order valence-electron chi connectivity index (χ1n) is 4.94. The molecule has 1 heterocycles. The first-order valence-corrected chi connectivity index (χ1v) is 4.94. The number of hydrogen-bond acceptors (Lipinski definition) is 4. The van der Waals surface area contributed by atoms with Crippen molar-refractivity contribution >= 4 is 12.0 Å². The van der Waals surface area contributed by atoms with Crippen molar-refractivity contribution in [2.75, 3.05) is 13.2 Å². The van der Waals surface area contributed by atoms with Gasteiger partial charge in [-0.05, 0) is 5.56 Å². The molecule has 1 fully saturated rings. The Bertz CT molecular complexity index is 426. The largest absolute Gasteiger partial charge is 0.379 e. The van der Waals surface area contributed by atoms with Gasteiger partial charge in [0.15, 0.2) is 0 Å². The van der Waals surface area contributed by atoms with Crippen LogP contribution < -0.4 is 0 Å². The van der Waals surface area contributed by atoms with Gasteiger partial charge in [0.05, 0.1) is 18.1 Å². The van der Waals surface area contributed by atoms with Crippen LogP contribution in [0.1, 0.15) is 12.0 Å². The highest BCUT2D eigenvalue weighted by Gasteiger charge is 2.40. The Hall–Kier alpha value is -1.75. The van der Waals surface area contributed by atoms with Crippen LogP contribution in [0.15, 0.2) is 24.3 Å². The molecule has 5 nitrogen and oxygen atoms in total. The fourth-order valence-corrected chi connectivity index (χ4v) is 1.86. The van der Waals surface area contributed by atoms with Crippen LogP contribution in [0, 0.1) is 10.1 Å². The fourth-order valence-electron chi connectivity index (χ4n) is 1.86. The second-order valence-electron chi connectivity index (χ2n) is 3.95. The first kappa shape index (κ1) is 10.8. The maximum Gasteiger partial charge on any atom is 0.269 e. The molecule has 84 valence electrons. The van der Waals surface area contributed by atoms with Crippen molar-refractivity contribution in [2.24, 2.45) is 0 Å². The number of non-ortho nitro benzene ring substituents is 1. The molecular formula is C11H11NO4. The Morgan fingerprint density at radius 1 is 1.50 bits per heavy atom. The van der Waals surface area contributed by atoms with E-state index in [2.05, 4.69) is 0 Å². The number of benzene rings is 1. The molecule has 1 aliphatic rings. The summed E-state index contributed by atoms with van der Waals surface area (Å²) in [6.45, 7) is 0.903. The molecule has 0 amide bonds. The molecule has 16 heavy (non-hydrogen) atoms. The highest BCUT2D eigenvalue weighted by Crippen LogP contribution is 2.36. The van der Waals surface area contributed by atoms with Gasteiger partial charge in [-0.2, -0.15) is 0 Å². The van der Waals surface area contributed by atoms with Gasteiger partial charge in [-0.15, -0.1) is 0 Å². The molecule has 0 saturated carbocycles. The van der Waals surface area contributed by atoms with Gasteiger partial charge in [-0.3, -0.25) is 10.1 Å². The molecule has 2 rings (SSSR count). The van der Waals surface area contributed by atoms with E-state index in [0.29, 0.717) is 19.6 Å². The average Bonchev–Trinajstić information content (AvgIpc) is 2.23. The van der Waals surface area contributed by atoms with Gasteiger partial charge in [-0.1, -0.05) is 12.1 Å². The summed E-state index contributed by atoms with van der Waals surface area (Å²) < 4.78 is 5.12. The van der Waals surface area contributed by atoms with Gasteiger partial charge in [0, 0.05) is 24.0 Å². The Balaban J connectivity index is 2.35. The summed E-state index contributed by atoms with van der Waals surface area (Å²) in [5, 5.41) is 10.6. The number of rotatable bonds is 4. The number of ether oxygens (including phenoxy) is 1. The number of carbonyl (C=O) groups excluding carboxylic acids is 1. The Morgan fingerprint density at radius 3 is 2.75 bits per heavy atom. The molecule has 0 aromatic heterocycles. The van der Waals surface area contributed by atoms with Gasteiger partial charge in [0.2, 0.25) is 0 Å². The highest BCUT2D eigenvalue weighted by molar-refractivity contribution is 5.55. The summed E-state index contributed by atoms with van der Waals surface area (Å²) in [6, 6.07) is 6.40. The Labute approximate surface area is 92.2 Å². The molecule has 0 spiro atoms. The maximum atomic E-state index is 10.6. The van der Waals surface area contributed by atoms with E-state index in [9.17, 15) is 14.9 Å².